The van der Waals surface area contributed by atoms with Crippen LogP contribution in [0.4, 0.5) is 0 Å². The van der Waals surface area contributed by atoms with Crippen molar-refractivity contribution in [3.63, 3.8) is 0 Å². The summed E-state index contributed by atoms with van der Waals surface area (Å²) >= 11 is 1.65. The van der Waals surface area contributed by atoms with E-state index in [-0.39, 0.29) is 17.9 Å². The smallest absolute Gasteiger partial charge is 0.223 e. The molecule has 3 rings (SSSR count). The van der Waals surface area contributed by atoms with Gasteiger partial charge in [0.25, 0.3) is 0 Å². The molecule has 1 aliphatic rings. The molecule has 0 aliphatic carbocycles. The maximum Gasteiger partial charge on any atom is 0.223 e. The van der Waals surface area contributed by atoms with E-state index in [4.69, 9.17) is 0 Å². The van der Waals surface area contributed by atoms with Crippen LogP contribution in [0.15, 0.2) is 23.6 Å². The number of carbonyl (C=O) groups is 1. The summed E-state index contributed by atoms with van der Waals surface area (Å²) in [5.74, 6) is -0.154. The summed E-state index contributed by atoms with van der Waals surface area (Å²) in [4.78, 5) is 13.8. The van der Waals surface area contributed by atoms with E-state index in [9.17, 15) is 13.2 Å². The first kappa shape index (κ1) is 20.0. The third-order valence-electron chi connectivity index (χ3n) is 4.97. The molecule has 1 amide bonds. The number of amides is 1. The zero-order valence-corrected chi connectivity index (χ0v) is 17.5. The fraction of sp³-hybridized carbons (Fsp3) is 0.556. The van der Waals surface area contributed by atoms with E-state index in [0.29, 0.717) is 32.5 Å². The fourth-order valence-corrected chi connectivity index (χ4v) is 5.23. The van der Waals surface area contributed by atoms with Crippen molar-refractivity contribution in [2.75, 3.05) is 25.9 Å². The molecular formula is C18H26N4O3S2. The van der Waals surface area contributed by atoms with Gasteiger partial charge in [0.15, 0.2) is 0 Å². The Kier molecular flexibility index (Phi) is 6.02. The first-order chi connectivity index (χ1) is 12.8. The predicted molar refractivity (Wildman–Crippen MR) is 106 cm³/mol. The molecule has 1 fully saturated rings. The van der Waals surface area contributed by atoms with E-state index in [2.05, 4.69) is 16.5 Å². The first-order valence-electron chi connectivity index (χ1n) is 9.04. The lowest BCUT2D eigenvalue weighted by atomic mass is 9.97. The normalized spacial score (nSPS) is 17.7. The Morgan fingerprint density at radius 1 is 1.37 bits per heavy atom. The van der Waals surface area contributed by atoms with E-state index < -0.39 is 10.0 Å². The molecule has 0 aromatic carbocycles. The standard InChI is InChI=1S/C18H26N4O3S2/c1-13-11-14(2)22(20-13)16(17-5-4-10-26-17)12-19-18(23)15-6-8-21(9-7-15)27(3,24)25/h4-5,10-11,15-16H,6-9,12H2,1-3H3,(H,19,23)/t16-/m0/s1. The number of hydrogen-bond acceptors (Lipinski definition) is 5. The summed E-state index contributed by atoms with van der Waals surface area (Å²) in [6.07, 6.45) is 2.33. The number of sulfonamides is 1. The van der Waals surface area contributed by atoms with Crippen molar-refractivity contribution in [3.8, 4) is 0 Å². The van der Waals surface area contributed by atoms with Crippen molar-refractivity contribution >= 4 is 27.3 Å². The number of nitrogens with one attached hydrogen (secondary N) is 1. The van der Waals surface area contributed by atoms with Crippen molar-refractivity contribution in [1.29, 1.82) is 0 Å². The van der Waals surface area contributed by atoms with Crippen LogP contribution < -0.4 is 5.32 Å². The second-order valence-corrected chi connectivity index (χ2v) is 10.0. The number of rotatable bonds is 6. The maximum atomic E-state index is 12.6. The first-order valence-corrected chi connectivity index (χ1v) is 11.8. The van der Waals surface area contributed by atoms with Crippen LogP contribution in [-0.4, -0.2) is 54.3 Å². The van der Waals surface area contributed by atoms with E-state index in [1.54, 1.807) is 11.3 Å². The summed E-state index contributed by atoms with van der Waals surface area (Å²) in [6.45, 7) is 5.26. The summed E-state index contributed by atoms with van der Waals surface area (Å²) in [6, 6.07) is 6.05. The van der Waals surface area contributed by atoms with Crippen LogP contribution in [0.5, 0.6) is 0 Å². The van der Waals surface area contributed by atoms with Crippen LogP contribution >= 0.6 is 11.3 Å². The Hall–Kier alpha value is -1.71. The quantitative estimate of drug-likeness (QED) is 0.789. The largest absolute Gasteiger partial charge is 0.353 e. The Morgan fingerprint density at radius 3 is 2.59 bits per heavy atom. The van der Waals surface area contributed by atoms with Crippen molar-refractivity contribution < 1.29 is 13.2 Å². The van der Waals surface area contributed by atoms with Gasteiger partial charge in [0.1, 0.15) is 6.04 Å². The lowest BCUT2D eigenvalue weighted by Crippen LogP contribution is -2.43. The fourth-order valence-electron chi connectivity index (χ4n) is 3.54. The van der Waals surface area contributed by atoms with Crippen molar-refractivity contribution in [1.82, 2.24) is 19.4 Å². The van der Waals surface area contributed by atoms with E-state index in [1.165, 1.54) is 10.6 Å². The van der Waals surface area contributed by atoms with Gasteiger partial charge < -0.3 is 5.32 Å². The van der Waals surface area contributed by atoms with Gasteiger partial charge in [-0.3, -0.25) is 9.48 Å². The van der Waals surface area contributed by atoms with E-state index >= 15 is 0 Å². The van der Waals surface area contributed by atoms with Crippen LogP contribution in [0.3, 0.4) is 0 Å². The van der Waals surface area contributed by atoms with Gasteiger partial charge in [0.05, 0.1) is 11.9 Å². The summed E-state index contributed by atoms with van der Waals surface area (Å²) in [7, 11) is -3.18. The molecule has 3 heterocycles. The van der Waals surface area contributed by atoms with Crippen molar-refractivity contribution in [2.45, 2.75) is 32.7 Å². The molecule has 0 radical (unpaired) electrons. The highest BCUT2D eigenvalue weighted by Gasteiger charge is 2.29. The van der Waals surface area contributed by atoms with Crippen LogP contribution in [0.25, 0.3) is 0 Å². The molecular weight excluding hydrogens is 384 g/mol. The third kappa shape index (κ3) is 4.77. The van der Waals surface area contributed by atoms with Gasteiger partial charge in [-0.1, -0.05) is 6.07 Å². The molecule has 7 nitrogen and oxygen atoms in total. The Labute approximate surface area is 164 Å². The van der Waals surface area contributed by atoms with Gasteiger partial charge in [-0.25, -0.2) is 12.7 Å². The molecule has 0 bridgehead atoms. The van der Waals surface area contributed by atoms with E-state index in [1.807, 2.05) is 36.0 Å². The van der Waals surface area contributed by atoms with E-state index in [0.717, 1.165) is 16.3 Å². The molecule has 1 aliphatic heterocycles. The molecule has 148 valence electrons. The molecule has 2 aromatic heterocycles. The number of piperidine rings is 1. The predicted octanol–water partition coefficient (Wildman–Crippen LogP) is 1.94. The molecule has 2 aromatic rings. The number of aryl methyl sites for hydroxylation is 2. The molecule has 1 N–H and O–H groups in total. The number of hydrogen-bond donors (Lipinski definition) is 1. The zero-order valence-electron chi connectivity index (χ0n) is 15.9. The minimum Gasteiger partial charge on any atom is -0.353 e. The number of aromatic nitrogens is 2. The summed E-state index contributed by atoms with van der Waals surface area (Å²) in [5.41, 5.74) is 2.01. The van der Waals surface area contributed by atoms with Gasteiger partial charge in [0, 0.05) is 36.1 Å². The Balaban J connectivity index is 1.64. The molecule has 27 heavy (non-hydrogen) atoms. The van der Waals surface area contributed by atoms with Gasteiger partial charge >= 0.3 is 0 Å². The molecule has 1 saturated heterocycles. The molecule has 9 heteroatoms. The van der Waals surface area contributed by atoms with Crippen molar-refractivity contribution in [2.24, 2.45) is 5.92 Å². The number of thiophene rings is 1. The second kappa shape index (κ2) is 8.12. The minimum absolute atomic E-state index is 0.00811. The van der Waals surface area contributed by atoms with Crippen molar-refractivity contribution in [3.05, 3.63) is 39.8 Å². The maximum absolute atomic E-state index is 12.6. The highest BCUT2D eigenvalue weighted by Crippen LogP contribution is 2.25. The van der Waals surface area contributed by atoms with Gasteiger partial charge in [-0.05, 0) is 44.2 Å². The lowest BCUT2D eigenvalue weighted by molar-refractivity contribution is -0.126. The monoisotopic (exact) mass is 410 g/mol. The summed E-state index contributed by atoms with van der Waals surface area (Å²) in [5, 5.41) is 9.69. The van der Waals surface area contributed by atoms with Gasteiger partial charge in [-0.2, -0.15) is 5.10 Å². The molecule has 0 saturated carbocycles. The molecule has 0 spiro atoms. The average molecular weight is 411 g/mol. The molecule has 1 atom stereocenters. The SMILES string of the molecule is Cc1cc(C)n([C@@H](CNC(=O)C2CCN(S(C)(=O)=O)CC2)c2cccs2)n1. The Morgan fingerprint density at radius 2 is 2.07 bits per heavy atom. The van der Waals surface area contributed by atoms with Gasteiger partial charge in [0.2, 0.25) is 15.9 Å². The summed E-state index contributed by atoms with van der Waals surface area (Å²) < 4.78 is 26.6. The zero-order chi connectivity index (χ0) is 19.6. The third-order valence-corrected chi connectivity index (χ3v) is 7.25. The van der Waals surface area contributed by atoms with Crippen LogP contribution in [0, 0.1) is 19.8 Å². The number of carbonyl (C=O) groups excluding carboxylic acids is 1. The lowest BCUT2D eigenvalue weighted by Gasteiger charge is -2.30. The average Bonchev–Trinajstić information content (AvgIpc) is 3.25. The van der Waals surface area contributed by atoms with Gasteiger partial charge in [-0.15, -0.1) is 11.3 Å². The van der Waals surface area contributed by atoms with Crippen LogP contribution in [0.1, 0.15) is 35.1 Å². The van der Waals surface area contributed by atoms with Crippen LogP contribution in [-0.2, 0) is 14.8 Å². The Bertz CT molecular complexity index is 882. The second-order valence-electron chi connectivity index (χ2n) is 7.08. The molecule has 0 unspecified atom stereocenters. The highest BCUT2D eigenvalue weighted by molar-refractivity contribution is 7.88. The minimum atomic E-state index is -3.18. The number of nitrogens with zero attached hydrogens (tertiary/aromatic N) is 3. The van der Waals surface area contributed by atoms with Crippen LogP contribution in [0.2, 0.25) is 0 Å². The topological polar surface area (TPSA) is 84.3 Å². The highest BCUT2D eigenvalue weighted by atomic mass is 32.2.